The summed E-state index contributed by atoms with van der Waals surface area (Å²) < 4.78 is 36.7. The Labute approximate surface area is 72.2 Å². The van der Waals surface area contributed by atoms with Gasteiger partial charge < -0.3 is 5.21 Å². The molecule has 6 heteroatoms. The van der Waals surface area contributed by atoms with Crippen molar-refractivity contribution in [2.24, 2.45) is 0 Å². The first-order valence-corrected chi connectivity index (χ1v) is 3.42. The SMILES string of the molecule is ONCc1cnccc1C(F)(F)F. The normalized spacial score (nSPS) is 11.7. The number of nitrogens with zero attached hydrogens (tertiary/aromatic N) is 1. The van der Waals surface area contributed by atoms with Crippen LogP contribution in [0.2, 0.25) is 0 Å². The maximum atomic E-state index is 12.2. The number of alkyl halides is 3. The molecule has 0 amide bonds. The van der Waals surface area contributed by atoms with E-state index >= 15 is 0 Å². The lowest BCUT2D eigenvalue weighted by Gasteiger charge is -2.10. The fourth-order valence-corrected chi connectivity index (χ4v) is 0.930. The predicted octanol–water partition coefficient (Wildman–Crippen LogP) is 1.58. The van der Waals surface area contributed by atoms with E-state index in [2.05, 4.69) is 4.98 Å². The Bertz CT molecular complexity index is 287. The molecule has 13 heavy (non-hydrogen) atoms. The molecule has 1 aromatic rings. The second-order valence-electron chi connectivity index (χ2n) is 2.37. The first-order valence-electron chi connectivity index (χ1n) is 3.42. The molecular formula is C7H7F3N2O. The van der Waals surface area contributed by atoms with Crippen LogP contribution in [0.4, 0.5) is 13.2 Å². The molecule has 0 aliphatic heterocycles. The van der Waals surface area contributed by atoms with Crippen molar-refractivity contribution in [3.05, 3.63) is 29.6 Å². The van der Waals surface area contributed by atoms with Gasteiger partial charge in [-0.3, -0.25) is 4.98 Å². The highest BCUT2D eigenvalue weighted by Gasteiger charge is 2.32. The van der Waals surface area contributed by atoms with Crippen LogP contribution in [-0.4, -0.2) is 10.2 Å². The van der Waals surface area contributed by atoms with Crippen LogP contribution in [0.3, 0.4) is 0 Å². The molecule has 0 bridgehead atoms. The summed E-state index contributed by atoms with van der Waals surface area (Å²) >= 11 is 0. The van der Waals surface area contributed by atoms with Gasteiger partial charge in [0.25, 0.3) is 0 Å². The van der Waals surface area contributed by atoms with Crippen LogP contribution in [-0.2, 0) is 12.7 Å². The molecule has 0 atom stereocenters. The van der Waals surface area contributed by atoms with E-state index in [0.29, 0.717) is 0 Å². The van der Waals surface area contributed by atoms with Crippen LogP contribution in [0.1, 0.15) is 11.1 Å². The van der Waals surface area contributed by atoms with Crippen LogP contribution in [0.15, 0.2) is 18.5 Å². The Kier molecular flexibility index (Phi) is 2.84. The fraction of sp³-hybridized carbons (Fsp3) is 0.286. The van der Waals surface area contributed by atoms with Crippen molar-refractivity contribution in [1.29, 1.82) is 0 Å². The highest BCUT2D eigenvalue weighted by Crippen LogP contribution is 2.31. The number of nitrogens with one attached hydrogen (secondary N) is 1. The number of rotatable bonds is 2. The third kappa shape index (κ3) is 2.40. The van der Waals surface area contributed by atoms with E-state index in [-0.39, 0.29) is 12.1 Å². The minimum Gasteiger partial charge on any atom is -0.316 e. The summed E-state index contributed by atoms with van der Waals surface area (Å²) in [4.78, 5) is 3.53. The summed E-state index contributed by atoms with van der Waals surface area (Å²) in [5, 5.41) is 8.26. The van der Waals surface area contributed by atoms with Gasteiger partial charge in [0.05, 0.1) is 5.56 Å². The van der Waals surface area contributed by atoms with Gasteiger partial charge in [-0.25, -0.2) is 5.48 Å². The third-order valence-corrected chi connectivity index (χ3v) is 1.48. The summed E-state index contributed by atoms with van der Waals surface area (Å²) in [5.74, 6) is 0. The van der Waals surface area contributed by atoms with Crippen LogP contribution < -0.4 is 5.48 Å². The Morgan fingerprint density at radius 3 is 2.69 bits per heavy atom. The lowest BCUT2D eigenvalue weighted by atomic mass is 10.1. The van der Waals surface area contributed by atoms with Gasteiger partial charge in [0.15, 0.2) is 0 Å². The van der Waals surface area contributed by atoms with Crippen LogP contribution in [0.5, 0.6) is 0 Å². The molecule has 0 saturated heterocycles. The zero-order chi connectivity index (χ0) is 9.90. The van der Waals surface area contributed by atoms with Gasteiger partial charge in [-0.05, 0) is 11.6 Å². The molecule has 0 saturated carbocycles. The molecule has 2 N–H and O–H groups in total. The standard InChI is InChI=1S/C7H7F3N2O/c8-7(9,10)6-1-2-11-3-5(6)4-12-13/h1-3,12-13H,4H2. The minimum absolute atomic E-state index is 0.0856. The molecule has 1 heterocycles. The smallest absolute Gasteiger partial charge is 0.316 e. The molecule has 1 rings (SSSR count). The minimum atomic E-state index is -4.41. The van der Waals surface area contributed by atoms with Gasteiger partial charge >= 0.3 is 6.18 Å². The first kappa shape index (κ1) is 9.94. The predicted molar refractivity (Wildman–Crippen MR) is 37.9 cm³/mol. The van der Waals surface area contributed by atoms with Crippen molar-refractivity contribution in [2.75, 3.05) is 0 Å². The Balaban J connectivity index is 3.05. The summed E-state index contributed by atoms with van der Waals surface area (Å²) in [5.41, 5.74) is 0.783. The number of pyridine rings is 1. The number of hydrogen-bond acceptors (Lipinski definition) is 3. The quantitative estimate of drug-likeness (QED) is 0.699. The van der Waals surface area contributed by atoms with Gasteiger partial charge in [-0.1, -0.05) is 0 Å². The third-order valence-electron chi connectivity index (χ3n) is 1.48. The summed E-state index contributed by atoms with van der Waals surface area (Å²) in [6.07, 6.45) is -2.29. The van der Waals surface area contributed by atoms with E-state index in [0.717, 1.165) is 18.5 Å². The topological polar surface area (TPSA) is 45.1 Å². The van der Waals surface area contributed by atoms with Gasteiger partial charge in [0.2, 0.25) is 0 Å². The van der Waals surface area contributed by atoms with Crippen molar-refractivity contribution in [3.8, 4) is 0 Å². The highest BCUT2D eigenvalue weighted by molar-refractivity contribution is 5.25. The monoisotopic (exact) mass is 192 g/mol. The molecule has 3 nitrogen and oxygen atoms in total. The largest absolute Gasteiger partial charge is 0.416 e. The highest BCUT2D eigenvalue weighted by atomic mass is 19.4. The van der Waals surface area contributed by atoms with Crippen molar-refractivity contribution in [2.45, 2.75) is 12.7 Å². The van der Waals surface area contributed by atoms with Crippen LogP contribution in [0.25, 0.3) is 0 Å². The van der Waals surface area contributed by atoms with E-state index < -0.39 is 11.7 Å². The van der Waals surface area contributed by atoms with Gasteiger partial charge in [0, 0.05) is 18.9 Å². The fourth-order valence-electron chi connectivity index (χ4n) is 0.930. The molecule has 0 aliphatic carbocycles. The van der Waals surface area contributed by atoms with Gasteiger partial charge in [-0.2, -0.15) is 13.2 Å². The maximum absolute atomic E-state index is 12.2. The number of hydrogen-bond donors (Lipinski definition) is 2. The zero-order valence-corrected chi connectivity index (χ0v) is 6.47. The van der Waals surface area contributed by atoms with Gasteiger partial charge in [0.1, 0.15) is 0 Å². The van der Waals surface area contributed by atoms with Crippen LogP contribution >= 0.6 is 0 Å². The summed E-state index contributed by atoms with van der Waals surface area (Å²) in [6, 6.07) is 0.868. The summed E-state index contributed by atoms with van der Waals surface area (Å²) in [6.45, 7) is -0.275. The van der Waals surface area contributed by atoms with E-state index in [9.17, 15) is 13.2 Å². The molecule has 0 radical (unpaired) electrons. The van der Waals surface area contributed by atoms with E-state index in [4.69, 9.17) is 5.21 Å². The molecule has 1 aromatic heterocycles. The molecule has 0 unspecified atom stereocenters. The molecule has 0 aromatic carbocycles. The van der Waals surface area contributed by atoms with Gasteiger partial charge in [-0.15, -0.1) is 0 Å². The van der Waals surface area contributed by atoms with Crippen molar-refractivity contribution >= 4 is 0 Å². The number of halogens is 3. The van der Waals surface area contributed by atoms with E-state index in [1.165, 1.54) is 0 Å². The van der Waals surface area contributed by atoms with E-state index in [1.54, 1.807) is 5.48 Å². The lowest BCUT2D eigenvalue weighted by molar-refractivity contribution is -0.138. The average molecular weight is 192 g/mol. The number of aromatic nitrogens is 1. The molecule has 0 fully saturated rings. The number of hydroxylamine groups is 1. The first-order chi connectivity index (χ1) is 6.05. The summed E-state index contributed by atoms with van der Waals surface area (Å²) in [7, 11) is 0. The molecule has 72 valence electrons. The van der Waals surface area contributed by atoms with Crippen LogP contribution in [0, 0.1) is 0 Å². The van der Waals surface area contributed by atoms with E-state index in [1.807, 2.05) is 0 Å². The average Bonchev–Trinajstić information content (AvgIpc) is 2.04. The Hall–Kier alpha value is -1.14. The molecule has 0 spiro atoms. The van der Waals surface area contributed by atoms with Crippen molar-refractivity contribution < 1.29 is 18.4 Å². The molecule has 0 aliphatic rings. The zero-order valence-electron chi connectivity index (χ0n) is 6.47. The Morgan fingerprint density at radius 1 is 1.46 bits per heavy atom. The van der Waals surface area contributed by atoms with Crippen molar-refractivity contribution in [1.82, 2.24) is 10.5 Å². The lowest BCUT2D eigenvalue weighted by Crippen LogP contribution is -2.14. The second kappa shape index (κ2) is 3.71. The van der Waals surface area contributed by atoms with Crippen molar-refractivity contribution in [3.63, 3.8) is 0 Å². The molecular weight excluding hydrogens is 185 g/mol. The maximum Gasteiger partial charge on any atom is 0.416 e. The second-order valence-corrected chi connectivity index (χ2v) is 2.37. The Morgan fingerprint density at radius 2 is 2.15 bits per heavy atom.